The molecular formula is C13H16F3N3O2. The minimum Gasteiger partial charge on any atom is -0.443 e. The topological polar surface area (TPSA) is 63.6 Å². The molecule has 0 radical (unpaired) electrons. The molecule has 0 unspecified atom stereocenters. The summed E-state index contributed by atoms with van der Waals surface area (Å²) >= 11 is 0. The molecule has 0 aliphatic rings. The number of amides is 1. The number of alkyl halides is 3. The second kappa shape index (κ2) is 6.11. The van der Waals surface area contributed by atoms with Crippen LogP contribution in [0, 0.1) is 0 Å². The predicted molar refractivity (Wildman–Crippen MR) is 70.8 cm³/mol. The molecule has 1 amide bonds. The highest BCUT2D eigenvalue weighted by molar-refractivity contribution is 5.98. The second-order valence-corrected chi connectivity index (χ2v) is 5.24. The minimum absolute atomic E-state index is 0.307. The number of halogens is 3. The van der Waals surface area contributed by atoms with Crippen molar-refractivity contribution in [2.24, 2.45) is 5.10 Å². The fourth-order valence-electron chi connectivity index (χ4n) is 1.27. The van der Waals surface area contributed by atoms with Crippen molar-refractivity contribution in [2.45, 2.75) is 39.5 Å². The van der Waals surface area contributed by atoms with Crippen molar-refractivity contribution in [2.75, 3.05) is 0 Å². The third kappa shape index (κ3) is 5.80. The maximum absolute atomic E-state index is 12.4. The summed E-state index contributed by atoms with van der Waals surface area (Å²) in [5, 5.41) is 3.74. The molecule has 0 atom stereocenters. The summed E-state index contributed by atoms with van der Waals surface area (Å²) in [6.45, 7) is 6.62. The number of hydrazone groups is 1. The van der Waals surface area contributed by atoms with Gasteiger partial charge in [-0.05, 0) is 39.8 Å². The van der Waals surface area contributed by atoms with E-state index in [9.17, 15) is 18.0 Å². The summed E-state index contributed by atoms with van der Waals surface area (Å²) in [4.78, 5) is 14.7. The third-order valence-electron chi connectivity index (χ3n) is 2.19. The zero-order valence-electron chi connectivity index (χ0n) is 12.1. The lowest BCUT2D eigenvalue weighted by Crippen LogP contribution is -2.30. The minimum atomic E-state index is -4.49. The number of aromatic nitrogens is 1. The Bertz CT molecular complexity index is 531. The highest BCUT2D eigenvalue weighted by Gasteiger charge is 2.32. The Balaban J connectivity index is 2.73. The van der Waals surface area contributed by atoms with Crippen LogP contribution in [0.4, 0.5) is 18.0 Å². The van der Waals surface area contributed by atoms with Crippen LogP contribution < -0.4 is 5.43 Å². The Labute approximate surface area is 120 Å². The maximum atomic E-state index is 12.4. The van der Waals surface area contributed by atoms with Crippen molar-refractivity contribution < 1.29 is 22.7 Å². The molecule has 21 heavy (non-hydrogen) atoms. The number of pyridine rings is 1. The molecule has 1 aromatic heterocycles. The van der Waals surface area contributed by atoms with E-state index < -0.39 is 23.6 Å². The first-order valence-corrected chi connectivity index (χ1v) is 6.06. The number of nitrogens with one attached hydrogen (secondary N) is 1. The third-order valence-corrected chi connectivity index (χ3v) is 2.19. The van der Waals surface area contributed by atoms with Crippen molar-refractivity contribution in [1.29, 1.82) is 0 Å². The van der Waals surface area contributed by atoms with E-state index in [0.29, 0.717) is 11.3 Å². The van der Waals surface area contributed by atoms with Crippen LogP contribution in [0.5, 0.6) is 0 Å². The molecule has 1 aromatic rings. The Kier molecular flexibility index (Phi) is 4.93. The molecule has 0 fully saturated rings. The summed E-state index contributed by atoms with van der Waals surface area (Å²) in [6.07, 6.45) is -4.20. The fourth-order valence-corrected chi connectivity index (χ4v) is 1.27. The summed E-state index contributed by atoms with van der Waals surface area (Å²) in [5.74, 6) is 0. The Morgan fingerprint density at radius 2 is 1.90 bits per heavy atom. The number of carbonyl (C=O) groups excluding carboxylic acids is 1. The molecule has 0 aliphatic heterocycles. The van der Waals surface area contributed by atoms with E-state index >= 15 is 0 Å². The molecule has 0 aliphatic carbocycles. The average Bonchev–Trinajstić information content (AvgIpc) is 2.33. The molecule has 0 saturated heterocycles. The van der Waals surface area contributed by atoms with E-state index in [1.54, 1.807) is 20.8 Å². The number of hydrogen-bond donors (Lipinski definition) is 1. The fraction of sp³-hybridized carbons (Fsp3) is 0.462. The second-order valence-electron chi connectivity index (χ2n) is 5.24. The first kappa shape index (κ1) is 16.9. The van der Waals surface area contributed by atoms with Crippen LogP contribution in [0.15, 0.2) is 23.4 Å². The quantitative estimate of drug-likeness (QED) is 0.673. The van der Waals surface area contributed by atoms with Gasteiger partial charge in [-0.25, -0.2) is 10.2 Å². The van der Waals surface area contributed by atoms with Gasteiger partial charge >= 0.3 is 12.3 Å². The van der Waals surface area contributed by atoms with E-state index in [1.165, 1.54) is 13.0 Å². The van der Waals surface area contributed by atoms with Crippen LogP contribution in [-0.2, 0) is 10.9 Å². The first-order chi connectivity index (χ1) is 9.49. The van der Waals surface area contributed by atoms with Gasteiger partial charge in [0.1, 0.15) is 11.3 Å². The largest absolute Gasteiger partial charge is 0.443 e. The van der Waals surface area contributed by atoms with Gasteiger partial charge in [0.05, 0.1) is 5.71 Å². The molecule has 116 valence electrons. The molecular weight excluding hydrogens is 287 g/mol. The number of carbonyl (C=O) groups is 1. The van der Waals surface area contributed by atoms with E-state index in [4.69, 9.17) is 4.74 Å². The lowest BCUT2D eigenvalue weighted by atomic mass is 10.2. The van der Waals surface area contributed by atoms with Crippen LogP contribution in [-0.4, -0.2) is 22.4 Å². The van der Waals surface area contributed by atoms with E-state index in [2.05, 4.69) is 15.5 Å². The van der Waals surface area contributed by atoms with Crippen molar-refractivity contribution in [1.82, 2.24) is 10.4 Å². The Morgan fingerprint density at radius 3 is 2.33 bits per heavy atom. The molecule has 1 N–H and O–H groups in total. The average molecular weight is 303 g/mol. The normalized spacial score (nSPS) is 13.0. The van der Waals surface area contributed by atoms with Crippen LogP contribution in [0.2, 0.25) is 0 Å². The molecule has 0 saturated carbocycles. The molecule has 1 rings (SSSR count). The summed E-state index contributed by atoms with van der Waals surface area (Å²) in [5.41, 5.74) is 1.18. The number of hydrogen-bond acceptors (Lipinski definition) is 4. The summed E-state index contributed by atoms with van der Waals surface area (Å²) in [6, 6.07) is 2.08. The van der Waals surface area contributed by atoms with Gasteiger partial charge in [0.15, 0.2) is 0 Å². The molecule has 5 nitrogen and oxygen atoms in total. The van der Waals surface area contributed by atoms with Crippen molar-refractivity contribution in [3.63, 3.8) is 0 Å². The van der Waals surface area contributed by atoms with E-state index in [1.807, 2.05) is 0 Å². The molecule has 0 spiro atoms. The van der Waals surface area contributed by atoms with Gasteiger partial charge in [0.2, 0.25) is 0 Å². The van der Waals surface area contributed by atoms with Gasteiger partial charge in [-0.2, -0.15) is 18.3 Å². The van der Waals surface area contributed by atoms with Crippen molar-refractivity contribution in [3.8, 4) is 0 Å². The highest BCUT2D eigenvalue weighted by Crippen LogP contribution is 2.27. The molecule has 1 heterocycles. The Morgan fingerprint density at radius 1 is 1.29 bits per heavy atom. The smallest absolute Gasteiger partial charge is 0.433 e. The number of nitrogens with zero attached hydrogens (tertiary/aromatic N) is 2. The molecule has 0 aromatic carbocycles. The van der Waals surface area contributed by atoms with Crippen molar-refractivity contribution >= 4 is 11.8 Å². The predicted octanol–water partition coefficient (Wildman–Crippen LogP) is 3.35. The zero-order chi connectivity index (χ0) is 16.3. The van der Waals surface area contributed by atoms with Gasteiger partial charge in [0, 0.05) is 11.8 Å². The lowest BCUT2D eigenvalue weighted by molar-refractivity contribution is -0.141. The van der Waals surface area contributed by atoms with Gasteiger partial charge in [-0.15, -0.1) is 0 Å². The monoisotopic (exact) mass is 303 g/mol. The van der Waals surface area contributed by atoms with Crippen LogP contribution in [0.3, 0.4) is 0 Å². The van der Waals surface area contributed by atoms with Crippen LogP contribution in [0.1, 0.15) is 39.0 Å². The number of ether oxygens (including phenoxy) is 1. The SMILES string of the molecule is C/C(=N\NC(=O)OC(C)(C)C)c1ccc(C(F)(F)F)nc1. The highest BCUT2D eigenvalue weighted by atomic mass is 19.4. The van der Waals surface area contributed by atoms with Crippen LogP contribution in [0.25, 0.3) is 0 Å². The molecule has 8 heteroatoms. The van der Waals surface area contributed by atoms with Gasteiger partial charge < -0.3 is 4.74 Å². The van der Waals surface area contributed by atoms with Gasteiger partial charge in [-0.1, -0.05) is 0 Å². The number of rotatable bonds is 2. The van der Waals surface area contributed by atoms with Gasteiger partial charge in [0.25, 0.3) is 0 Å². The van der Waals surface area contributed by atoms with Crippen LogP contribution >= 0.6 is 0 Å². The Hall–Kier alpha value is -2.12. The standard InChI is InChI=1S/C13H16F3N3O2/c1-8(18-19-11(20)21-12(2,3)4)9-5-6-10(17-7-9)13(14,15)16/h5-7H,1-4H3,(H,19,20)/b18-8+. The van der Waals surface area contributed by atoms with Gasteiger partial charge in [-0.3, -0.25) is 4.98 Å². The summed E-state index contributed by atoms with van der Waals surface area (Å²) < 4.78 is 42.1. The zero-order valence-corrected chi connectivity index (χ0v) is 12.1. The lowest BCUT2D eigenvalue weighted by Gasteiger charge is -2.18. The maximum Gasteiger partial charge on any atom is 0.433 e. The van der Waals surface area contributed by atoms with Crippen molar-refractivity contribution in [3.05, 3.63) is 29.6 Å². The van der Waals surface area contributed by atoms with E-state index in [-0.39, 0.29) is 0 Å². The first-order valence-electron chi connectivity index (χ1n) is 6.06. The summed E-state index contributed by atoms with van der Waals surface area (Å²) in [7, 11) is 0. The molecule has 0 bridgehead atoms. The van der Waals surface area contributed by atoms with E-state index in [0.717, 1.165) is 12.3 Å².